The molecule has 3 aromatic rings. The maximum Gasteiger partial charge on any atom is 0.322 e. The number of nitrogens with one attached hydrogen (secondary N) is 1. The number of urea groups is 1. The molecule has 1 aliphatic heterocycles. The van der Waals surface area contributed by atoms with Crippen LogP contribution in [0.3, 0.4) is 0 Å². The largest absolute Gasteiger partial charge is 0.366 e. The highest BCUT2D eigenvalue weighted by Gasteiger charge is 2.33. The average Bonchev–Trinajstić information content (AvgIpc) is 2.80. The summed E-state index contributed by atoms with van der Waals surface area (Å²) >= 11 is 5.93. The highest BCUT2D eigenvalue weighted by Crippen LogP contribution is 2.31. The minimum absolute atomic E-state index is 0.0216. The van der Waals surface area contributed by atoms with Crippen molar-refractivity contribution in [2.24, 2.45) is 0 Å². The molecule has 1 aliphatic rings. The Kier molecular flexibility index (Phi) is 6.06. The number of piperazine rings is 1. The first kappa shape index (κ1) is 20.7. The molecule has 5 nitrogen and oxygen atoms in total. The van der Waals surface area contributed by atoms with E-state index in [-0.39, 0.29) is 17.6 Å². The number of benzene rings is 3. The number of nitriles is 1. The molecule has 1 saturated heterocycles. The maximum atomic E-state index is 14.2. The minimum Gasteiger partial charge on any atom is -0.366 e. The first-order valence-corrected chi connectivity index (χ1v) is 10.3. The number of nitrogens with zero attached hydrogens (tertiary/aromatic N) is 3. The van der Waals surface area contributed by atoms with Crippen molar-refractivity contribution in [2.45, 2.75) is 6.04 Å². The van der Waals surface area contributed by atoms with Gasteiger partial charge in [-0.1, -0.05) is 48.0 Å². The minimum atomic E-state index is -0.542. The van der Waals surface area contributed by atoms with E-state index in [4.69, 9.17) is 11.6 Å². The third-order valence-corrected chi connectivity index (χ3v) is 5.62. The molecule has 2 amide bonds. The van der Waals surface area contributed by atoms with Crippen molar-refractivity contribution in [1.82, 2.24) is 4.90 Å². The highest BCUT2D eigenvalue weighted by molar-refractivity contribution is 6.30. The normalized spacial score (nSPS) is 16.0. The van der Waals surface area contributed by atoms with E-state index in [1.807, 2.05) is 41.3 Å². The fraction of sp³-hybridized carbons (Fsp3) is 0.167. The summed E-state index contributed by atoms with van der Waals surface area (Å²) in [7, 11) is 0. The Hall–Kier alpha value is -3.56. The molecule has 156 valence electrons. The number of carbonyl (C=O) groups is 1. The van der Waals surface area contributed by atoms with Crippen molar-refractivity contribution in [3.63, 3.8) is 0 Å². The summed E-state index contributed by atoms with van der Waals surface area (Å²) in [5.74, 6) is -0.542. The lowest BCUT2D eigenvalue weighted by Crippen LogP contribution is -2.52. The monoisotopic (exact) mass is 434 g/mol. The Bertz CT molecular complexity index is 1110. The lowest BCUT2D eigenvalue weighted by Gasteiger charge is -2.42. The SMILES string of the molecule is N#Cc1c(F)cccc1N1CCN(C(=O)Nc2ccc(Cl)cc2)C(c2ccccc2)C1. The van der Waals surface area contributed by atoms with Gasteiger partial charge in [-0.15, -0.1) is 0 Å². The van der Waals surface area contributed by atoms with Crippen molar-refractivity contribution in [2.75, 3.05) is 29.9 Å². The number of amides is 2. The maximum absolute atomic E-state index is 14.2. The van der Waals surface area contributed by atoms with Gasteiger partial charge in [-0.25, -0.2) is 9.18 Å². The van der Waals surface area contributed by atoms with Gasteiger partial charge in [-0.2, -0.15) is 5.26 Å². The number of hydrogen-bond donors (Lipinski definition) is 1. The summed E-state index contributed by atoms with van der Waals surface area (Å²) in [6.45, 7) is 1.34. The van der Waals surface area contributed by atoms with Crippen LogP contribution in [0.15, 0.2) is 72.8 Å². The van der Waals surface area contributed by atoms with Gasteiger partial charge >= 0.3 is 6.03 Å². The smallest absolute Gasteiger partial charge is 0.322 e. The molecule has 0 spiro atoms. The zero-order valence-electron chi connectivity index (χ0n) is 16.6. The predicted octanol–water partition coefficient (Wildman–Crippen LogP) is 5.45. The van der Waals surface area contributed by atoms with E-state index in [0.29, 0.717) is 36.0 Å². The van der Waals surface area contributed by atoms with E-state index in [2.05, 4.69) is 5.32 Å². The van der Waals surface area contributed by atoms with Crippen LogP contribution >= 0.6 is 11.6 Å². The van der Waals surface area contributed by atoms with Crippen molar-refractivity contribution < 1.29 is 9.18 Å². The van der Waals surface area contributed by atoms with E-state index >= 15 is 0 Å². The Labute approximate surface area is 185 Å². The molecule has 1 N–H and O–H groups in total. The van der Waals surface area contributed by atoms with Crippen LogP contribution in [0.25, 0.3) is 0 Å². The number of carbonyl (C=O) groups excluding carboxylic acids is 1. The Morgan fingerprint density at radius 1 is 1.03 bits per heavy atom. The average molecular weight is 435 g/mol. The summed E-state index contributed by atoms with van der Waals surface area (Å²) in [6.07, 6.45) is 0. The zero-order valence-corrected chi connectivity index (χ0v) is 17.4. The van der Waals surface area contributed by atoms with Crippen LogP contribution in [0.5, 0.6) is 0 Å². The van der Waals surface area contributed by atoms with Gasteiger partial charge in [0, 0.05) is 30.3 Å². The van der Waals surface area contributed by atoms with E-state index < -0.39 is 5.82 Å². The molecule has 1 unspecified atom stereocenters. The van der Waals surface area contributed by atoms with Gasteiger partial charge < -0.3 is 15.1 Å². The van der Waals surface area contributed by atoms with Gasteiger partial charge in [0.1, 0.15) is 17.4 Å². The molecule has 4 rings (SSSR count). The lowest BCUT2D eigenvalue weighted by molar-refractivity contribution is 0.179. The molecular weight excluding hydrogens is 415 g/mol. The molecule has 7 heteroatoms. The van der Waals surface area contributed by atoms with Gasteiger partial charge in [-0.05, 0) is 42.0 Å². The first-order chi connectivity index (χ1) is 15.1. The van der Waals surface area contributed by atoms with Gasteiger partial charge in [0.05, 0.1) is 11.7 Å². The number of rotatable bonds is 3. The van der Waals surface area contributed by atoms with Gasteiger partial charge in [0.25, 0.3) is 0 Å². The fourth-order valence-corrected chi connectivity index (χ4v) is 3.95. The zero-order chi connectivity index (χ0) is 21.8. The molecule has 1 fully saturated rings. The molecule has 1 atom stereocenters. The Morgan fingerprint density at radius 2 is 1.77 bits per heavy atom. The van der Waals surface area contributed by atoms with Crippen LogP contribution in [-0.2, 0) is 0 Å². The van der Waals surface area contributed by atoms with Crippen molar-refractivity contribution in [1.29, 1.82) is 5.26 Å². The number of halogens is 2. The molecule has 0 radical (unpaired) electrons. The van der Waals surface area contributed by atoms with Crippen molar-refractivity contribution >= 4 is 29.0 Å². The molecule has 1 heterocycles. The van der Waals surface area contributed by atoms with Crippen molar-refractivity contribution in [3.05, 3.63) is 94.8 Å². The molecule has 0 aromatic heterocycles. The van der Waals surface area contributed by atoms with Crippen LogP contribution < -0.4 is 10.2 Å². The predicted molar refractivity (Wildman–Crippen MR) is 120 cm³/mol. The fourth-order valence-electron chi connectivity index (χ4n) is 3.82. The topological polar surface area (TPSA) is 59.4 Å². The summed E-state index contributed by atoms with van der Waals surface area (Å²) in [5, 5.41) is 13.0. The van der Waals surface area contributed by atoms with E-state index in [9.17, 15) is 14.4 Å². The second-order valence-electron chi connectivity index (χ2n) is 7.25. The van der Waals surface area contributed by atoms with E-state index in [1.165, 1.54) is 6.07 Å². The van der Waals surface area contributed by atoms with Gasteiger partial charge in [0.2, 0.25) is 0 Å². The van der Waals surface area contributed by atoms with Crippen LogP contribution in [-0.4, -0.2) is 30.6 Å². The highest BCUT2D eigenvalue weighted by atomic mass is 35.5. The van der Waals surface area contributed by atoms with Gasteiger partial charge in [-0.3, -0.25) is 0 Å². The lowest BCUT2D eigenvalue weighted by atomic mass is 10.0. The molecule has 3 aromatic carbocycles. The Morgan fingerprint density at radius 3 is 2.48 bits per heavy atom. The third-order valence-electron chi connectivity index (χ3n) is 5.37. The summed E-state index contributed by atoms with van der Waals surface area (Å²) in [4.78, 5) is 16.8. The summed E-state index contributed by atoms with van der Waals surface area (Å²) in [5.41, 5.74) is 2.18. The molecular formula is C24H20ClFN4O. The Balaban J connectivity index is 1.62. The molecule has 0 bridgehead atoms. The first-order valence-electron chi connectivity index (χ1n) is 9.88. The second-order valence-corrected chi connectivity index (χ2v) is 7.69. The van der Waals surface area contributed by atoms with Gasteiger partial charge in [0.15, 0.2) is 0 Å². The molecule has 31 heavy (non-hydrogen) atoms. The number of hydrogen-bond acceptors (Lipinski definition) is 3. The van der Waals surface area contributed by atoms with E-state index in [0.717, 1.165) is 5.56 Å². The van der Waals surface area contributed by atoms with Crippen LogP contribution in [0.4, 0.5) is 20.6 Å². The van der Waals surface area contributed by atoms with Crippen LogP contribution in [0.1, 0.15) is 17.2 Å². The van der Waals surface area contributed by atoms with Crippen LogP contribution in [0.2, 0.25) is 5.02 Å². The third kappa shape index (κ3) is 4.47. The molecule has 0 aliphatic carbocycles. The summed E-state index contributed by atoms with van der Waals surface area (Å²) < 4.78 is 14.2. The standard InChI is InChI=1S/C24H20ClFN4O/c25-18-9-11-19(12-10-18)28-24(31)30-14-13-29(16-23(30)17-5-2-1-3-6-17)22-8-4-7-21(26)20(22)15-27/h1-12,23H,13-14,16H2,(H,28,31). The quantitative estimate of drug-likeness (QED) is 0.596. The van der Waals surface area contributed by atoms with E-state index in [1.54, 1.807) is 41.3 Å². The van der Waals surface area contributed by atoms with Crippen molar-refractivity contribution in [3.8, 4) is 6.07 Å². The van der Waals surface area contributed by atoms with Crippen LogP contribution in [0, 0.1) is 17.1 Å². The molecule has 0 saturated carbocycles. The summed E-state index contributed by atoms with van der Waals surface area (Å²) in [6, 6.07) is 22.7. The number of anilines is 2. The second kappa shape index (κ2) is 9.07.